The third-order valence-electron chi connectivity index (χ3n) is 2.78. The van der Waals surface area contributed by atoms with Crippen LogP contribution in [0.2, 0.25) is 5.02 Å². The molecule has 0 atom stereocenters. The Kier molecular flexibility index (Phi) is 3.63. The number of nitrogen functional groups attached to an aromatic ring is 1. The Morgan fingerprint density at radius 2 is 1.83 bits per heavy atom. The third-order valence-corrected chi connectivity index (χ3v) is 3.08. The first-order chi connectivity index (χ1) is 8.63. The summed E-state index contributed by atoms with van der Waals surface area (Å²) >= 11 is 6.21. The van der Waals surface area contributed by atoms with Crippen molar-refractivity contribution >= 4 is 28.7 Å². The number of ether oxygens (including phenoxy) is 1. The molecule has 0 aliphatic heterocycles. The molecule has 2 rings (SSSR count). The molecule has 3 nitrogen and oxygen atoms in total. The molecule has 0 unspecified atom stereocenters. The summed E-state index contributed by atoms with van der Waals surface area (Å²) in [4.78, 5) is 1.97. The van der Waals surface area contributed by atoms with Gasteiger partial charge in [0.1, 0.15) is 5.75 Å². The highest BCUT2D eigenvalue weighted by Gasteiger charge is 2.12. The molecule has 0 fully saturated rings. The van der Waals surface area contributed by atoms with Crippen molar-refractivity contribution in [3.05, 3.63) is 47.5 Å². The molecule has 0 bridgehead atoms. The van der Waals surface area contributed by atoms with Crippen molar-refractivity contribution in [3.63, 3.8) is 0 Å². The van der Waals surface area contributed by atoms with E-state index in [2.05, 4.69) is 0 Å². The highest BCUT2D eigenvalue weighted by Crippen LogP contribution is 2.36. The Labute approximate surface area is 112 Å². The van der Waals surface area contributed by atoms with Crippen molar-refractivity contribution < 1.29 is 4.74 Å². The standard InChI is InChI=1S/C14H15ClN2O/c1-17(12-8-7-10(16)9-11(12)15)13-5-3-4-6-14(13)18-2/h3-9H,16H2,1-2H3. The van der Waals surface area contributed by atoms with Gasteiger partial charge in [-0.1, -0.05) is 23.7 Å². The molecule has 0 radical (unpaired) electrons. The van der Waals surface area contributed by atoms with Crippen LogP contribution in [0.25, 0.3) is 0 Å². The van der Waals surface area contributed by atoms with Crippen LogP contribution in [0.3, 0.4) is 0 Å². The number of halogens is 1. The molecule has 94 valence electrons. The van der Waals surface area contributed by atoms with Gasteiger partial charge in [0.2, 0.25) is 0 Å². The summed E-state index contributed by atoms with van der Waals surface area (Å²) in [6.45, 7) is 0. The number of para-hydroxylation sites is 2. The van der Waals surface area contributed by atoms with E-state index in [0.717, 1.165) is 17.1 Å². The lowest BCUT2D eigenvalue weighted by Crippen LogP contribution is -2.11. The maximum atomic E-state index is 6.21. The van der Waals surface area contributed by atoms with Crippen LogP contribution in [0, 0.1) is 0 Å². The van der Waals surface area contributed by atoms with Gasteiger partial charge in [-0.2, -0.15) is 0 Å². The summed E-state index contributed by atoms with van der Waals surface area (Å²) in [6.07, 6.45) is 0. The number of methoxy groups -OCH3 is 1. The molecule has 2 aromatic rings. The van der Waals surface area contributed by atoms with E-state index in [0.29, 0.717) is 10.7 Å². The van der Waals surface area contributed by atoms with Gasteiger partial charge in [-0.25, -0.2) is 0 Å². The zero-order chi connectivity index (χ0) is 13.1. The first-order valence-corrected chi connectivity index (χ1v) is 5.93. The molecule has 0 saturated heterocycles. The number of hydrogen-bond donors (Lipinski definition) is 1. The molecule has 0 aromatic heterocycles. The molecule has 18 heavy (non-hydrogen) atoms. The van der Waals surface area contributed by atoms with E-state index in [1.165, 1.54) is 0 Å². The lowest BCUT2D eigenvalue weighted by molar-refractivity contribution is 0.415. The Balaban J connectivity index is 2.44. The summed E-state index contributed by atoms with van der Waals surface area (Å²) < 4.78 is 5.34. The zero-order valence-electron chi connectivity index (χ0n) is 10.4. The summed E-state index contributed by atoms with van der Waals surface area (Å²) in [7, 11) is 3.59. The second-order valence-corrected chi connectivity index (χ2v) is 4.35. The van der Waals surface area contributed by atoms with E-state index in [-0.39, 0.29) is 0 Å². The van der Waals surface area contributed by atoms with E-state index in [1.807, 2.05) is 48.3 Å². The summed E-state index contributed by atoms with van der Waals surface area (Å²) in [5.74, 6) is 0.799. The second-order valence-electron chi connectivity index (χ2n) is 3.94. The predicted molar refractivity (Wildman–Crippen MR) is 76.9 cm³/mol. The molecule has 0 aliphatic rings. The molecule has 0 spiro atoms. The first kappa shape index (κ1) is 12.6. The summed E-state index contributed by atoms with van der Waals surface area (Å²) in [6, 6.07) is 13.2. The van der Waals surface area contributed by atoms with Crippen molar-refractivity contribution in [1.82, 2.24) is 0 Å². The SMILES string of the molecule is COc1ccccc1N(C)c1ccc(N)cc1Cl. The average molecular weight is 263 g/mol. The molecule has 0 amide bonds. The number of anilines is 3. The Hall–Kier alpha value is -1.87. The number of hydrogen-bond acceptors (Lipinski definition) is 3. The lowest BCUT2D eigenvalue weighted by Gasteiger charge is -2.23. The van der Waals surface area contributed by atoms with Crippen LogP contribution in [-0.4, -0.2) is 14.2 Å². The van der Waals surface area contributed by atoms with Gasteiger partial charge >= 0.3 is 0 Å². The zero-order valence-corrected chi connectivity index (χ0v) is 11.1. The summed E-state index contributed by atoms with van der Waals surface area (Å²) in [5, 5.41) is 0.614. The van der Waals surface area contributed by atoms with Crippen LogP contribution >= 0.6 is 11.6 Å². The normalized spacial score (nSPS) is 10.2. The smallest absolute Gasteiger partial charge is 0.142 e. The van der Waals surface area contributed by atoms with Crippen LogP contribution in [0.5, 0.6) is 5.75 Å². The molecule has 2 aromatic carbocycles. The number of nitrogens with zero attached hydrogens (tertiary/aromatic N) is 1. The maximum absolute atomic E-state index is 6.21. The second kappa shape index (κ2) is 5.19. The van der Waals surface area contributed by atoms with Gasteiger partial charge in [-0.15, -0.1) is 0 Å². The molecular weight excluding hydrogens is 248 g/mol. The van der Waals surface area contributed by atoms with E-state index < -0.39 is 0 Å². The Morgan fingerprint density at radius 1 is 1.11 bits per heavy atom. The Morgan fingerprint density at radius 3 is 2.50 bits per heavy atom. The van der Waals surface area contributed by atoms with Crippen LogP contribution < -0.4 is 15.4 Å². The van der Waals surface area contributed by atoms with E-state index in [1.54, 1.807) is 13.2 Å². The monoisotopic (exact) mass is 262 g/mol. The minimum atomic E-state index is 0.614. The number of benzene rings is 2. The van der Waals surface area contributed by atoms with Crippen LogP contribution in [0.15, 0.2) is 42.5 Å². The van der Waals surface area contributed by atoms with Gasteiger partial charge in [0, 0.05) is 12.7 Å². The van der Waals surface area contributed by atoms with Gasteiger partial charge in [0.15, 0.2) is 0 Å². The van der Waals surface area contributed by atoms with Gasteiger partial charge in [0.05, 0.1) is 23.5 Å². The molecule has 0 heterocycles. The largest absolute Gasteiger partial charge is 0.495 e. The van der Waals surface area contributed by atoms with Crippen molar-refractivity contribution in [2.45, 2.75) is 0 Å². The van der Waals surface area contributed by atoms with Gasteiger partial charge in [-0.05, 0) is 30.3 Å². The fourth-order valence-corrected chi connectivity index (χ4v) is 2.15. The van der Waals surface area contributed by atoms with Gasteiger partial charge in [0.25, 0.3) is 0 Å². The minimum absolute atomic E-state index is 0.614. The highest BCUT2D eigenvalue weighted by atomic mass is 35.5. The van der Waals surface area contributed by atoms with Crippen LogP contribution in [-0.2, 0) is 0 Å². The van der Waals surface area contributed by atoms with E-state index >= 15 is 0 Å². The van der Waals surface area contributed by atoms with E-state index in [9.17, 15) is 0 Å². The first-order valence-electron chi connectivity index (χ1n) is 5.55. The maximum Gasteiger partial charge on any atom is 0.142 e. The van der Waals surface area contributed by atoms with Crippen molar-refractivity contribution in [2.24, 2.45) is 0 Å². The molecule has 4 heteroatoms. The van der Waals surface area contributed by atoms with Gasteiger partial charge in [-0.3, -0.25) is 0 Å². The third kappa shape index (κ3) is 2.36. The van der Waals surface area contributed by atoms with Crippen LogP contribution in [0.4, 0.5) is 17.1 Å². The molecular formula is C14H15ClN2O. The highest BCUT2D eigenvalue weighted by molar-refractivity contribution is 6.33. The Bertz CT molecular complexity index is 557. The quantitative estimate of drug-likeness (QED) is 0.858. The van der Waals surface area contributed by atoms with Crippen LogP contribution in [0.1, 0.15) is 0 Å². The molecule has 0 saturated carbocycles. The number of rotatable bonds is 3. The van der Waals surface area contributed by atoms with Crippen molar-refractivity contribution in [2.75, 3.05) is 24.8 Å². The topological polar surface area (TPSA) is 38.5 Å². The van der Waals surface area contributed by atoms with E-state index in [4.69, 9.17) is 22.1 Å². The summed E-state index contributed by atoms with van der Waals surface area (Å²) in [5.41, 5.74) is 8.18. The molecule has 2 N–H and O–H groups in total. The van der Waals surface area contributed by atoms with Crippen molar-refractivity contribution in [3.8, 4) is 5.75 Å². The number of nitrogens with two attached hydrogens (primary N) is 1. The molecule has 0 aliphatic carbocycles. The minimum Gasteiger partial charge on any atom is -0.495 e. The average Bonchev–Trinajstić information content (AvgIpc) is 2.38. The fraction of sp³-hybridized carbons (Fsp3) is 0.143. The fourth-order valence-electron chi connectivity index (χ4n) is 1.83. The van der Waals surface area contributed by atoms with Gasteiger partial charge < -0.3 is 15.4 Å². The lowest BCUT2D eigenvalue weighted by atomic mass is 10.2. The predicted octanol–water partition coefficient (Wildman–Crippen LogP) is 3.70. The van der Waals surface area contributed by atoms with Crippen molar-refractivity contribution in [1.29, 1.82) is 0 Å².